The molecule has 2 rings (SSSR count). The molecule has 1 saturated heterocycles. The monoisotopic (exact) mass is 229 g/mol. The van der Waals surface area contributed by atoms with Crippen molar-refractivity contribution in [2.75, 3.05) is 18.0 Å². The van der Waals surface area contributed by atoms with Crippen LogP contribution < -0.4 is 4.90 Å². The van der Waals surface area contributed by atoms with E-state index in [-0.39, 0.29) is 0 Å². The maximum Gasteiger partial charge on any atom is 0.134 e. The average Bonchev–Trinajstić information content (AvgIpc) is 2.16. The highest BCUT2D eigenvalue weighted by molar-refractivity contribution is 6.29. The molecule has 1 aromatic heterocycles. The molecule has 15 heavy (non-hydrogen) atoms. The van der Waals surface area contributed by atoms with E-state index in [1.807, 2.05) is 4.90 Å². The second-order valence-electron chi connectivity index (χ2n) is 3.78. The van der Waals surface area contributed by atoms with Gasteiger partial charge in [0.05, 0.1) is 6.54 Å². The summed E-state index contributed by atoms with van der Waals surface area (Å²) in [5.41, 5.74) is 0. The van der Waals surface area contributed by atoms with E-state index < -0.39 is 6.17 Å². The zero-order valence-corrected chi connectivity index (χ0v) is 9.34. The second kappa shape index (κ2) is 4.31. The first-order chi connectivity index (χ1) is 7.15. The fourth-order valence-corrected chi connectivity index (χ4v) is 2.03. The largest absolute Gasteiger partial charge is 0.354 e. The minimum Gasteiger partial charge on any atom is -0.354 e. The van der Waals surface area contributed by atoms with Gasteiger partial charge < -0.3 is 4.90 Å². The van der Waals surface area contributed by atoms with Crippen molar-refractivity contribution in [1.29, 1.82) is 0 Å². The lowest BCUT2D eigenvalue weighted by Gasteiger charge is -2.30. The van der Waals surface area contributed by atoms with E-state index in [0.29, 0.717) is 23.9 Å². The van der Waals surface area contributed by atoms with Gasteiger partial charge in [0.1, 0.15) is 23.0 Å². The van der Waals surface area contributed by atoms with Gasteiger partial charge in [-0.25, -0.2) is 14.4 Å². The smallest absolute Gasteiger partial charge is 0.134 e. The Morgan fingerprint density at radius 1 is 1.53 bits per heavy atom. The molecule has 2 heterocycles. The summed E-state index contributed by atoms with van der Waals surface area (Å²) < 4.78 is 13.2. The van der Waals surface area contributed by atoms with Gasteiger partial charge in [-0.15, -0.1) is 0 Å². The van der Waals surface area contributed by atoms with Crippen LogP contribution in [0.15, 0.2) is 6.07 Å². The maximum absolute atomic E-state index is 13.2. The standard InChI is InChI=1S/C10H13ClFN3/c1-7-13-9(11)5-10(14-7)15-4-2-3-8(12)6-15/h5,8H,2-4,6H2,1H3. The Morgan fingerprint density at radius 2 is 2.33 bits per heavy atom. The number of anilines is 1. The summed E-state index contributed by atoms with van der Waals surface area (Å²) in [6.07, 6.45) is 0.753. The van der Waals surface area contributed by atoms with Crippen molar-refractivity contribution in [3.63, 3.8) is 0 Å². The molecule has 0 spiro atoms. The third-order valence-electron chi connectivity index (χ3n) is 2.48. The quantitative estimate of drug-likeness (QED) is 0.693. The van der Waals surface area contributed by atoms with Crippen molar-refractivity contribution in [3.8, 4) is 0 Å². The molecule has 0 aromatic carbocycles. The molecular formula is C10H13ClFN3. The number of alkyl halides is 1. The molecular weight excluding hydrogens is 217 g/mol. The molecule has 1 aliphatic heterocycles. The summed E-state index contributed by atoms with van der Waals surface area (Å²) in [5, 5.41) is 0.415. The number of halogens is 2. The van der Waals surface area contributed by atoms with E-state index in [4.69, 9.17) is 11.6 Å². The molecule has 0 radical (unpaired) electrons. The zero-order valence-electron chi connectivity index (χ0n) is 8.58. The van der Waals surface area contributed by atoms with Gasteiger partial charge in [-0.3, -0.25) is 0 Å². The number of hydrogen-bond donors (Lipinski definition) is 0. The molecule has 3 nitrogen and oxygen atoms in total. The van der Waals surface area contributed by atoms with Crippen LogP contribution >= 0.6 is 11.6 Å². The first-order valence-electron chi connectivity index (χ1n) is 5.05. The first kappa shape index (κ1) is 10.6. The summed E-state index contributed by atoms with van der Waals surface area (Å²) in [5.74, 6) is 1.35. The molecule has 0 amide bonds. The van der Waals surface area contributed by atoms with Crippen LogP contribution in [0.1, 0.15) is 18.7 Å². The SMILES string of the molecule is Cc1nc(Cl)cc(N2CCCC(F)C2)n1. The fraction of sp³-hybridized carbons (Fsp3) is 0.600. The minimum absolute atomic E-state index is 0.410. The second-order valence-corrected chi connectivity index (χ2v) is 4.17. The van der Waals surface area contributed by atoms with Crippen LogP contribution in [0.2, 0.25) is 5.15 Å². The molecule has 0 bridgehead atoms. The highest BCUT2D eigenvalue weighted by Gasteiger charge is 2.20. The topological polar surface area (TPSA) is 29.0 Å². The third-order valence-corrected chi connectivity index (χ3v) is 2.67. The van der Waals surface area contributed by atoms with Gasteiger partial charge in [-0.2, -0.15) is 0 Å². The predicted octanol–water partition coefficient (Wildman–Crippen LogP) is 2.38. The van der Waals surface area contributed by atoms with Gasteiger partial charge in [0.15, 0.2) is 0 Å². The molecule has 1 aromatic rings. The normalized spacial score (nSPS) is 21.8. The number of aryl methyl sites for hydroxylation is 1. The molecule has 1 aliphatic rings. The van der Waals surface area contributed by atoms with E-state index in [1.165, 1.54) is 0 Å². The van der Waals surface area contributed by atoms with Crippen LogP contribution in [0.3, 0.4) is 0 Å². The van der Waals surface area contributed by atoms with Crippen LogP contribution in [0.5, 0.6) is 0 Å². The first-order valence-corrected chi connectivity index (χ1v) is 5.43. The summed E-state index contributed by atoms with van der Waals surface area (Å²) in [6, 6.07) is 1.69. The summed E-state index contributed by atoms with van der Waals surface area (Å²) in [6.45, 7) is 3.03. The molecule has 0 N–H and O–H groups in total. The lowest BCUT2D eigenvalue weighted by Crippen LogP contribution is -2.37. The minimum atomic E-state index is -0.757. The van der Waals surface area contributed by atoms with Crippen molar-refractivity contribution in [2.24, 2.45) is 0 Å². The fourth-order valence-electron chi connectivity index (χ4n) is 1.81. The van der Waals surface area contributed by atoms with Crippen LogP contribution in [-0.4, -0.2) is 29.2 Å². The van der Waals surface area contributed by atoms with Crippen molar-refractivity contribution >= 4 is 17.4 Å². The molecule has 1 unspecified atom stereocenters. The molecule has 0 aliphatic carbocycles. The van der Waals surface area contributed by atoms with Crippen molar-refractivity contribution in [2.45, 2.75) is 25.9 Å². The number of aromatic nitrogens is 2. The van der Waals surface area contributed by atoms with Crippen LogP contribution in [0, 0.1) is 6.92 Å². The highest BCUT2D eigenvalue weighted by atomic mass is 35.5. The highest BCUT2D eigenvalue weighted by Crippen LogP contribution is 2.21. The average molecular weight is 230 g/mol. The van der Waals surface area contributed by atoms with Gasteiger partial charge in [0.2, 0.25) is 0 Å². The van der Waals surface area contributed by atoms with Crippen molar-refractivity contribution < 1.29 is 4.39 Å². The molecule has 1 fully saturated rings. The number of nitrogens with zero attached hydrogens (tertiary/aromatic N) is 3. The van der Waals surface area contributed by atoms with Gasteiger partial charge in [0.25, 0.3) is 0 Å². The van der Waals surface area contributed by atoms with Gasteiger partial charge in [-0.1, -0.05) is 11.6 Å². The summed E-state index contributed by atoms with van der Waals surface area (Å²) in [7, 11) is 0. The van der Waals surface area contributed by atoms with Gasteiger partial charge in [0, 0.05) is 12.6 Å². The van der Waals surface area contributed by atoms with E-state index in [1.54, 1.807) is 13.0 Å². The van der Waals surface area contributed by atoms with E-state index in [9.17, 15) is 4.39 Å². The van der Waals surface area contributed by atoms with E-state index in [2.05, 4.69) is 9.97 Å². The van der Waals surface area contributed by atoms with E-state index in [0.717, 1.165) is 18.8 Å². The Bertz CT molecular complexity index is 338. The summed E-state index contributed by atoms with van der Waals surface area (Å²) >= 11 is 5.83. The zero-order chi connectivity index (χ0) is 10.8. The molecule has 1 atom stereocenters. The third kappa shape index (κ3) is 2.56. The van der Waals surface area contributed by atoms with Gasteiger partial charge >= 0.3 is 0 Å². The lowest BCUT2D eigenvalue weighted by molar-refractivity contribution is 0.286. The molecule has 0 saturated carbocycles. The maximum atomic E-state index is 13.2. The lowest BCUT2D eigenvalue weighted by atomic mass is 10.1. The Labute approximate surface area is 93.3 Å². The van der Waals surface area contributed by atoms with Crippen LogP contribution in [-0.2, 0) is 0 Å². The number of piperidine rings is 1. The Balaban J connectivity index is 2.20. The Morgan fingerprint density at radius 3 is 3.00 bits per heavy atom. The Hall–Kier alpha value is -0.900. The predicted molar refractivity (Wildman–Crippen MR) is 58.1 cm³/mol. The molecule has 5 heteroatoms. The number of rotatable bonds is 1. The van der Waals surface area contributed by atoms with Crippen molar-refractivity contribution in [3.05, 3.63) is 17.0 Å². The van der Waals surface area contributed by atoms with Crippen molar-refractivity contribution in [1.82, 2.24) is 9.97 Å². The Kier molecular flexibility index (Phi) is 3.05. The van der Waals surface area contributed by atoms with Gasteiger partial charge in [-0.05, 0) is 19.8 Å². The van der Waals surface area contributed by atoms with Crippen LogP contribution in [0.25, 0.3) is 0 Å². The molecule has 82 valence electrons. The van der Waals surface area contributed by atoms with E-state index >= 15 is 0 Å². The summed E-state index contributed by atoms with van der Waals surface area (Å²) in [4.78, 5) is 10.2. The number of hydrogen-bond acceptors (Lipinski definition) is 3. The van der Waals surface area contributed by atoms with Crippen LogP contribution in [0.4, 0.5) is 10.2 Å².